The largest absolute Gasteiger partial charge is 0.383 e. The molecule has 2 heterocycles. The third kappa shape index (κ3) is 5.24. The summed E-state index contributed by atoms with van der Waals surface area (Å²) in [6.45, 7) is 6.35. The number of aryl methyl sites for hydroxylation is 2. The number of aromatic nitrogens is 5. The van der Waals surface area contributed by atoms with Crippen molar-refractivity contribution in [2.45, 2.75) is 39.0 Å². The molecule has 0 saturated heterocycles. The second-order valence-electron chi connectivity index (χ2n) is 7.69. The molecule has 3 rings (SSSR count). The Kier molecular flexibility index (Phi) is 6.51. The van der Waals surface area contributed by atoms with Crippen molar-refractivity contribution in [1.29, 1.82) is 0 Å². The second-order valence-corrected chi connectivity index (χ2v) is 7.69. The van der Waals surface area contributed by atoms with Gasteiger partial charge in [-0.1, -0.05) is 30.3 Å². The molecule has 2 unspecified atom stereocenters. The van der Waals surface area contributed by atoms with E-state index < -0.39 is 5.60 Å². The molecule has 9 heteroatoms. The van der Waals surface area contributed by atoms with Crippen LogP contribution in [-0.2, 0) is 26.2 Å². The molecule has 0 radical (unpaired) electrons. The summed E-state index contributed by atoms with van der Waals surface area (Å²) in [7, 11) is 3.74. The summed E-state index contributed by atoms with van der Waals surface area (Å²) < 4.78 is 3.58. The molecule has 1 aromatic carbocycles. The number of benzene rings is 1. The number of rotatable bonds is 7. The summed E-state index contributed by atoms with van der Waals surface area (Å²) in [5, 5.41) is 30.0. The lowest BCUT2D eigenvalue weighted by Gasteiger charge is -2.25. The van der Waals surface area contributed by atoms with Crippen molar-refractivity contribution in [3.05, 3.63) is 65.5 Å². The predicted molar refractivity (Wildman–Crippen MR) is 116 cm³/mol. The number of hydrogen-bond acceptors (Lipinski definition) is 5. The molecule has 30 heavy (non-hydrogen) atoms. The molecule has 0 bridgehead atoms. The van der Waals surface area contributed by atoms with Crippen molar-refractivity contribution in [3.63, 3.8) is 0 Å². The highest BCUT2D eigenvalue weighted by Gasteiger charge is 2.25. The normalized spacial score (nSPS) is 14.9. The van der Waals surface area contributed by atoms with Gasteiger partial charge in [0.25, 0.3) is 0 Å². The smallest absolute Gasteiger partial charge is 0.192 e. The lowest BCUT2D eigenvalue weighted by atomic mass is 10.00. The van der Waals surface area contributed by atoms with Crippen LogP contribution in [0.25, 0.3) is 0 Å². The summed E-state index contributed by atoms with van der Waals surface area (Å²) in [6, 6.07) is 10.2. The summed E-state index contributed by atoms with van der Waals surface area (Å²) >= 11 is 0. The third-order valence-electron chi connectivity index (χ3n) is 5.14. The van der Waals surface area contributed by atoms with Crippen molar-refractivity contribution in [2.24, 2.45) is 19.1 Å². The lowest BCUT2D eigenvalue weighted by Crippen LogP contribution is -2.45. The van der Waals surface area contributed by atoms with E-state index in [4.69, 9.17) is 0 Å². The Hall–Kier alpha value is -3.20. The van der Waals surface area contributed by atoms with E-state index in [1.54, 1.807) is 24.0 Å². The monoisotopic (exact) mass is 410 g/mol. The van der Waals surface area contributed by atoms with Gasteiger partial charge >= 0.3 is 0 Å². The molecule has 2 atom stereocenters. The molecule has 0 aliphatic carbocycles. The van der Waals surface area contributed by atoms with Gasteiger partial charge in [0.15, 0.2) is 11.8 Å². The molecule has 9 nitrogen and oxygen atoms in total. The molecular weight excluding hydrogens is 380 g/mol. The fourth-order valence-electron chi connectivity index (χ4n) is 2.98. The zero-order chi connectivity index (χ0) is 21.7. The molecule has 0 fully saturated rings. The van der Waals surface area contributed by atoms with Crippen LogP contribution in [0.3, 0.4) is 0 Å². The molecule has 3 N–H and O–H groups in total. The highest BCUT2D eigenvalue weighted by Crippen LogP contribution is 2.18. The van der Waals surface area contributed by atoms with Crippen LogP contribution in [0.4, 0.5) is 0 Å². The number of aliphatic imine (C=N–C) groups is 1. The number of nitrogens with zero attached hydrogens (tertiary/aromatic N) is 6. The van der Waals surface area contributed by atoms with E-state index in [0.29, 0.717) is 12.5 Å². The van der Waals surface area contributed by atoms with Crippen LogP contribution in [-0.4, -0.2) is 42.2 Å². The summed E-state index contributed by atoms with van der Waals surface area (Å²) in [5.74, 6) is 2.18. The highest BCUT2D eigenvalue weighted by atomic mass is 16.3. The Balaban J connectivity index is 1.75. The maximum atomic E-state index is 10.9. The van der Waals surface area contributed by atoms with Gasteiger partial charge in [-0.2, -0.15) is 5.10 Å². The Morgan fingerprint density at radius 1 is 1.23 bits per heavy atom. The van der Waals surface area contributed by atoms with Crippen molar-refractivity contribution >= 4 is 5.96 Å². The van der Waals surface area contributed by atoms with Crippen LogP contribution in [0.2, 0.25) is 0 Å². The van der Waals surface area contributed by atoms with Gasteiger partial charge in [-0.25, -0.2) is 4.99 Å². The molecule has 0 aliphatic rings. The van der Waals surface area contributed by atoms with Crippen LogP contribution in [0.1, 0.15) is 42.7 Å². The quantitative estimate of drug-likeness (QED) is 0.403. The number of aliphatic hydroxyl groups is 1. The van der Waals surface area contributed by atoms with Crippen LogP contribution >= 0.6 is 0 Å². The lowest BCUT2D eigenvalue weighted by molar-refractivity contribution is 0.0615. The van der Waals surface area contributed by atoms with Crippen molar-refractivity contribution in [3.8, 4) is 0 Å². The Morgan fingerprint density at radius 2 is 1.97 bits per heavy atom. The Morgan fingerprint density at radius 3 is 2.57 bits per heavy atom. The minimum absolute atomic E-state index is 0.0297. The zero-order valence-electron chi connectivity index (χ0n) is 18.2. The topological polar surface area (TPSA) is 105 Å². The first-order chi connectivity index (χ1) is 14.3. The zero-order valence-corrected chi connectivity index (χ0v) is 18.2. The highest BCUT2D eigenvalue weighted by molar-refractivity contribution is 5.80. The van der Waals surface area contributed by atoms with Gasteiger partial charge in [0.1, 0.15) is 18.0 Å². The number of hydrogen-bond donors (Lipinski definition) is 3. The van der Waals surface area contributed by atoms with Gasteiger partial charge in [0, 0.05) is 25.9 Å². The first-order valence-electron chi connectivity index (χ1n) is 9.92. The first-order valence-corrected chi connectivity index (χ1v) is 9.92. The van der Waals surface area contributed by atoms with E-state index in [-0.39, 0.29) is 12.6 Å². The van der Waals surface area contributed by atoms with E-state index >= 15 is 0 Å². The van der Waals surface area contributed by atoms with Gasteiger partial charge in [-0.3, -0.25) is 4.68 Å². The fourth-order valence-corrected chi connectivity index (χ4v) is 2.98. The standard InChI is InChI=1S/C21H30N8O/c1-15(17-9-7-6-8-10-17)25-20(22-12-19-27-26-16(2)29(19)5)23-14-21(3,30)18-11-24-28(4)13-18/h6-11,13,15,30H,12,14H2,1-5H3,(H2,22,23,25). The predicted octanol–water partition coefficient (Wildman–Crippen LogP) is 1.56. The van der Waals surface area contributed by atoms with E-state index in [1.165, 1.54) is 0 Å². The molecule has 0 aliphatic heterocycles. The van der Waals surface area contributed by atoms with Crippen molar-refractivity contribution < 1.29 is 5.11 Å². The summed E-state index contributed by atoms with van der Waals surface area (Å²) in [4.78, 5) is 4.67. The minimum atomic E-state index is -1.10. The molecule has 160 valence electrons. The van der Waals surface area contributed by atoms with Gasteiger partial charge in [-0.05, 0) is 26.3 Å². The van der Waals surface area contributed by atoms with Crippen molar-refractivity contribution in [1.82, 2.24) is 35.2 Å². The van der Waals surface area contributed by atoms with Gasteiger partial charge < -0.3 is 20.3 Å². The third-order valence-corrected chi connectivity index (χ3v) is 5.14. The van der Waals surface area contributed by atoms with Gasteiger partial charge in [0.05, 0.1) is 18.8 Å². The molecule has 3 aromatic rings. The van der Waals surface area contributed by atoms with Gasteiger partial charge in [0.2, 0.25) is 0 Å². The van der Waals surface area contributed by atoms with E-state index in [1.807, 2.05) is 43.8 Å². The maximum absolute atomic E-state index is 10.9. The Bertz CT molecular complexity index is 990. The maximum Gasteiger partial charge on any atom is 0.192 e. The minimum Gasteiger partial charge on any atom is -0.383 e. The summed E-state index contributed by atoms with van der Waals surface area (Å²) in [5.41, 5.74) is 0.769. The molecular formula is C21H30N8O. The summed E-state index contributed by atoms with van der Waals surface area (Å²) in [6.07, 6.45) is 3.47. The SMILES string of the molecule is Cc1nnc(CN=C(NCC(C)(O)c2cnn(C)c2)NC(C)c2ccccc2)n1C. The fraction of sp³-hybridized carbons (Fsp3) is 0.429. The molecule has 2 aromatic heterocycles. The van der Waals surface area contributed by atoms with Crippen LogP contribution < -0.4 is 10.6 Å². The average molecular weight is 411 g/mol. The van der Waals surface area contributed by atoms with Crippen molar-refractivity contribution in [2.75, 3.05) is 6.54 Å². The van der Waals surface area contributed by atoms with E-state index in [2.05, 4.69) is 50.0 Å². The average Bonchev–Trinajstić information content (AvgIpc) is 3.31. The Labute approximate surface area is 176 Å². The molecule has 0 amide bonds. The number of nitrogens with one attached hydrogen (secondary N) is 2. The molecule has 0 spiro atoms. The molecule has 0 saturated carbocycles. The van der Waals surface area contributed by atoms with Crippen LogP contribution in [0.15, 0.2) is 47.7 Å². The second kappa shape index (κ2) is 9.08. The van der Waals surface area contributed by atoms with E-state index in [0.717, 1.165) is 22.8 Å². The number of guanidine groups is 1. The van der Waals surface area contributed by atoms with Crippen LogP contribution in [0.5, 0.6) is 0 Å². The first kappa shape index (κ1) is 21.5. The van der Waals surface area contributed by atoms with Gasteiger partial charge in [-0.15, -0.1) is 10.2 Å². The van der Waals surface area contributed by atoms with E-state index in [9.17, 15) is 5.11 Å². The van der Waals surface area contributed by atoms with Crippen LogP contribution in [0, 0.1) is 6.92 Å².